The van der Waals surface area contributed by atoms with E-state index in [4.69, 9.17) is 11.6 Å². The molecule has 2 nitrogen and oxygen atoms in total. The average Bonchev–Trinajstić information content (AvgIpc) is 1.97. The summed E-state index contributed by atoms with van der Waals surface area (Å²) < 4.78 is 36.4. The van der Waals surface area contributed by atoms with Gasteiger partial charge in [-0.15, -0.1) is 11.6 Å². The first-order chi connectivity index (χ1) is 6.94. The van der Waals surface area contributed by atoms with Crippen LogP contribution in [0.15, 0.2) is 0 Å². The summed E-state index contributed by atoms with van der Waals surface area (Å²) in [6.45, 7) is -1.22. The van der Waals surface area contributed by atoms with Gasteiger partial charge < -0.3 is 4.90 Å². The maximum atomic E-state index is 12.1. The first-order valence-electron chi connectivity index (χ1n) is 4.85. The van der Waals surface area contributed by atoms with Gasteiger partial charge in [-0.2, -0.15) is 13.2 Å². The van der Waals surface area contributed by atoms with Crippen LogP contribution >= 0.6 is 11.6 Å². The molecule has 0 heterocycles. The predicted molar refractivity (Wildman–Crippen MR) is 50.7 cm³/mol. The summed E-state index contributed by atoms with van der Waals surface area (Å²) in [5, 5.41) is 0. The molecule has 0 atom stereocenters. The van der Waals surface area contributed by atoms with E-state index in [2.05, 4.69) is 0 Å². The Hall–Kier alpha value is -0.450. The lowest BCUT2D eigenvalue weighted by Crippen LogP contribution is -2.44. The van der Waals surface area contributed by atoms with E-state index in [1.807, 2.05) is 0 Å². The minimum atomic E-state index is -4.34. The molecule has 88 valence electrons. The van der Waals surface area contributed by atoms with Crippen molar-refractivity contribution in [1.29, 1.82) is 0 Å². The zero-order valence-corrected chi connectivity index (χ0v) is 8.94. The summed E-state index contributed by atoms with van der Waals surface area (Å²) >= 11 is 5.37. The van der Waals surface area contributed by atoms with Crippen LogP contribution in [0.1, 0.15) is 19.3 Å². The molecule has 0 unspecified atom stereocenters. The molecule has 0 spiro atoms. The van der Waals surface area contributed by atoms with Crippen molar-refractivity contribution in [1.82, 2.24) is 4.90 Å². The summed E-state index contributed by atoms with van der Waals surface area (Å²) in [6, 6.07) is 0. The highest BCUT2D eigenvalue weighted by atomic mass is 35.5. The molecule has 15 heavy (non-hydrogen) atoms. The molecule has 1 aliphatic rings. The number of rotatable bonds is 4. The van der Waals surface area contributed by atoms with Crippen molar-refractivity contribution >= 4 is 17.5 Å². The third-order valence-electron chi connectivity index (χ3n) is 2.49. The minimum absolute atomic E-state index is 0.0314. The number of halogens is 4. The van der Waals surface area contributed by atoms with E-state index in [1.165, 1.54) is 0 Å². The van der Waals surface area contributed by atoms with Crippen molar-refractivity contribution in [2.45, 2.75) is 25.4 Å². The van der Waals surface area contributed by atoms with Crippen molar-refractivity contribution in [2.24, 2.45) is 5.92 Å². The smallest absolute Gasteiger partial charge is 0.332 e. The van der Waals surface area contributed by atoms with Gasteiger partial charge in [0.2, 0.25) is 5.91 Å². The molecule has 0 aliphatic heterocycles. The quantitative estimate of drug-likeness (QED) is 0.695. The Morgan fingerprint density at radius 3 is 2.33 bits per heavy atom. The van der Waals surface area contributed by atoms with Crippen LogP contribution in [-0.2, 0) is 4.79 Å². The Morgan fingerprint density at radius 1 is 1.40 bits per heavy atom. The van der Waals surface area contributed by atoms with Crippen molar-refractivity contribution in [3.8, 4) is 0 Å². The number of alkyl halides is 4. The van der Waals surface area contributed by atoms with E-state index >= 15 is 0 Å². The van der Waals surface area contributed by atoms with Crippen molar-refractivity contribution in [3.05, 3.63) is 0 Å². The second-order valence-electron chi connectivity index (χ2n) is 3.69. The lowest BCUT2D eigenvalue weighted by atomic mass is 9.84. The molecule has 0 aromatic carbocycles. The van der Waals surface area contributed by atoms with E-state index in [0.717, 1.165) is 11.3 Å². The molecule has 0 saturated heterocycles. The van der Waals surface area contributed by atoms with Crippen LogP contribution in [0.25, 0.3) is 0 Å². The summed E-state index contributed by atoms with van der Waals surface area (Å²) in [7, 11) is 0. The van der Waals surface area contributed by atoms with E-state index in [-0.39, 0.29) is 18.3 Å². The fourth-order valence-electron chi connectivity index (χ4n) is 1.50. The normalized spacial score (nSPS) is 17.3. The molecule has 0 aromatic rings. The Kier molecular flexibility index (Phi) is 4.25. The van der Waals surface area contributed by atoms with Crippen molar-refractivity contribution < 1.29 is 18.0 Å². The standard InChI is InChI=1S/C9H13ClF3NO/c10-4-5-14(6-9(11,12)13)8(15)7-2-1-3-7/h7H,1-6H2. The van der Waals surface area contributed by atoms with E-state index in [1.54, 1.807) is 0 Å². The summed E-state index contributed by atoms with van der Waals surface area (Å²) in [6.07, 6.45) is -2.01. The lowest BCUT2D eigenvalue weighted by molar-refractivity contribution is -0.164. The highest BCUT2D eigenvalue weighted by molar-refractivity contribution is 6.18. The van der Waals surface area contributed by atoms with Gasteiger partial charge in [0.1, 0.15) is 6.54 Å². The fourth-order valence-corrected chi connectivity index (χ4v) is 1.70. The Bertz CT molecular complexity index is 228. The number of hydrogen-bond donors (Lipinski definition) is 0. The van der Waals surface area contributed by atoms with Gasteiger partial charge in [0.05, 0.1) is 0 Å². The molecule has 0 N–H and O–H groups in total. The first-order valence-corrected chi connectivity index (χ1v) is 5.39. The number of nitrogens with zero attached hydrogens (tertiary/aromatic N) is 1. The second-order valence-corrected chi connectivity index (χ2v) is 4.07. The monoisotopic (exact) mass is 243 g/mol. The minimum Gasteiger partial charge on any atom is -0.332 e. The molecule has 0 aromatic heterocycles. The fraction of sp³-hybridized carbons (Fsp3) is 0.889. The molecular weight excluding hydrogens is 231 g/mol. The van der Waals surface area contributed by atoms with Gasteiger partial charge in [-0.25, -0.2) is 0 Å². The Balaban J connectivity index is 2.51. The highest BCUT2D eigenvalue weighted by Crippen LogP contribution is 2.29. The summed E-state index contributed by atoms with van der Waals surface area (Å²) in [5.41, 5.74) is 0. The van der Waals surface area contributed by atoms with Crippen LogP contribution in [0.5, 0.6) is 0 Å². The third-order valence-corrected chi connectivity index (χ3v) is 2.66. The van der Waals surface area contributed by atoms with E-state index in [0.29, 0.717) is 12.8 Å². The Labute approximate surface area is 91.4 Å². The number of carbonyl (C=O) groups excluding carboxylic acids is 1. The van der Waals surface area contributed by atoms with Gasteiger partial charge in [-0.05, 0) is 12.8 Å². The predicted octanol–water partition coefficient (Wildman–Crippen LogP) is 2.42. The molecule has 1 aliphatic carbocycles. The van der Waals surface area contributed by atoms with Gasteiger partial charge >= 0.3 is 6.18 Å². The maximum Gasteiger partial charge on any atom is 0.406 e. The molecule has 0 bridgehead atoms. The average molecular weight is 244 g/mol. The largest absolute Gasteiger partial charge is 0.406 e. The molecule has 1 amide bonds. The van der Waals surface area contributed by atoms with E-state index < -0.39 is 18.6 Å². The van der Waals surface area contributed by atoms with Gasteiger partial charge in [-0.3, -0.25) is 4.79 Å². The van der Waals surface area contributed by atoms with Gasteiger partial charge in [0.25, 0.3) is 0 Å². The van der Waals surface area contributed by atoms with Crippen molar-refractivity contribution in [3.63, 3.8) is 0 Å². The summed E-state index contributed by atoms with van der Waals surface area (Å²) in [5.74, 6) is -0.580. The SMILES string of the molecule is O=C(C1CCC1)N(CCCl)CC(F)(F)F. The third kappa shape index (κ3) is 3.89. The van der Waals surface area contributed by atoms with Crippen LogP contribution in [0.2, 0.25) is 0 Å². The van der Waals surface area contributed by atoms with E-state index in [9.17, 15) is 18.0 Å². The molecule has 1 fully saturated rings. The zero-order valence-electron chi connectivity index (χ0n) is 8.19. The molecule has 6 heteroatoms. The lowest BCUT2D eigenvalue weighted by Gasteiger charge is -2.31. The second kappa shape index (κ2) is 5.05. The van der Waals surface area contributed by atoms with Crippen LogP contribution < -0.4 is 0 Å². The van der Waals surface area contributed by atoms with Gasteiger partial charge in [0, 0.05) is 18.3 Å². The van der Waals surface area contributed by atoms with Crippen molar-refractivity contribution in [2.75, 3.05) is 19.0 Å². The Morgan fingerprint density at radius 2 is 2.00 bits per heavy atom. The maximum absolute atomic E-state index is 12.1. The first kappa shape index (κ1) is 12.6. The molecule has 1 saturated carbocycles. The molecular formula is C9H13ClF3NO. The van der Waals surface area contributed by atoms with Crippen LogP contribution in [0.4, 0.5) is 13.2 Å². The topological polar surface area (TPSA) is 20.3 Å². The zero-order chi connectivity index (χ0) is 11.5. The van der Waals surface area contributed by atoms with Gasteiger partial charge in [-0.1, -0.05) is 6.42 Å². The number of hydrogen-bond acceptors (Lipinski definition) is 1. The number of amides is 1. The van der Waals surface area contributed by atoms with Crippen LogP contribution in [-0.4, -0.2) is 36.0 Å². The van der Waals surface area contributed by atoms with Crippen LogP contribution in [0.3, 0.4) is 0 Å². The van der Waals surface area contributed by atoms with Crippen LogP contribution in [0, 0.1) is 5.92 Å². The summed E-state index contributed by atoms with van der Waals surface area (Å²) in [4.78, 5) is 12.4. The van der Waals surface area contributed by atoms with Gasteiger partial charge in [0.15, 0.2) is 0 Å². The number of carbonyl (C=O) groups is 1. The molecule has 1 rings (SSSR count). The highest BCUT2D eigenvalue weighted by Gasteiger charge is 2.36. The molecule has 0 radical (unpaired) electrons.